The van der Waals surface area contributed by atoms with E-state index in [9.17, 15) is 4.39 Å². The van der Waals surface area contributed by atoms with Crippen molar-refractivity contribution in [2.24, 2.45) is 0 Å². The number of benzene rings is 2. The quantitative estimate of drug-likeness (QED) is 0.821. The number of rotatable bonds is 6. The minimum atomic E-state index is -0.222. The maximum atomic E-state index is 13.2. The zero-order chi connectivity index (χ0) is 14.4. The average molecular weight is 274 g/mol. The van der Waals surface area contributed by atoms with Crippen LogP contribution in [0.25, 0.3) is 0 Å². The van der Waals surface area contributed by atoms with Crippen LogP contribution >= 0.6 is 0 Å². The Hall–Kier alpha value is -2.23. The number of halogens is 1. The summed E-state index contributed by atoms with van der Waals surface area (Å²) in [4.78, 5) is 2.07. The Balaban J connectivity index is 1.89. The fourth-order valence-corrected chi connectivity index (χ4v) is 1.98. The lowest BCUT2D eigenvalue weighted by atomic mass is 10.3. The number of nitrogens with two attached hydrogens (primary N) is 1. The molecule has 3 nitrogen and oxygen atoms in total. The SMILES string of the molecule is CCN(CCOc1ccc(N)cc1)c1cccc(F)c1. The topological polar surface area (TPSA) is 38.5 Å². The van der Waals surface area contributed by atoms with Crippen molar-refractivity contribution in [3.63, 3.8) is 0 Å². The molecule has 2 aromatic rings. The summed E-state index contributed by atoms with van der Waals surface area (Å²) < 4.78 is 18.9. The molecule has 0 aliphatic heterocycles. The molecule has 0 aliphatic carbocycles. The number of nitrogens with zero attached hydrogens (tertiary/aromatic N) is 1. The van der Waals surface area contributed by atoms with Crippen LogP contribution in [0.1, 0.15) is 6.92 Å². The predicted octanol–water partition coefficient (Wildman–Crippen LogP) is 3.31. The second-order valence-electron chi connectivity index (χ2n) is 4.48. The molecule has 0 spiro atoms. The summed E-state index contributed by atoms with van der Waals surface area (Å²) >= 11 is 0. The molecule has 106 valence electrons. The highest BCUT2D eigenvalue weighted by molar-refractivity contribution is 5.46. The third kappa shape index (κ3) is 3.88. The lowest BCUT2D eigenvalue weighted by Crippen LogP contribution is -2.28. The van der Waals surface area contributed by atoms with Gasteiger partial charge in [-0.25, -0.2) is 4.39 Å². The van der Waals surface area contributed by atoms with Gasteiger partial charge in [-0.05, 0) is 49.4 Å². The molecule has 0 bridgehead atoms. The van der Waals surface area contributed by atoms with Gasteiger partial charge in [0.05, 0.1) is 6.54 Å². The first-order valence-electron chi connectivity index (χ1n) is 6.68. The van der Waals surface area contributed by atoms with Crippen molar-refractivity contribution in [3.05, 3.63) is 54.3 Å². The molecule has 20 heavy (non-hydrogen) atoms. The Bertz CT molecular complexity index is 542. The molecule has 0 saturated carbocycles. The number of anilines is 2. The van der Waals surface area contributed by atoms with Gasteiger partial charge in [0.1, 0.15) is 18.2 Å². The van der Waals surface area contributed by atoms with Crippen LogP contribution in [0.5, 0.6) is 5.75 Å². The number of hydrogen-bond acceptors (Lipinski definition) is 3. The van der Waals surface area contributed by atoms with Gasteiger partial charge in [-0.2, -0.15) is 0 Å². The Morgan fingerprint density at radius 2 is 1.90 bits per heavy atom. The first-order valence-corrected chi connectivity index (χ1v) is 6.68. The molecule has 0 aliphatic rings. The van der Waals surface area contributed by atoms with E-state index in [1.54, 1.807) is 18.2 Å². The van der Waals surface area contributed by atoms with Crippen LogP contribution in [0.15, 0.2) is 48.5 Å². The Morgan fingerprint density at radius 3 is 2.55 bits per heavy atom. The van der Waals surface area contributed by atoms with E-state index >= 15 is 0 Å². The molecule has 2 N–H and O–H groups in total. The number of ether oxygens (including phenoxy) is 1. The molecule has 2 rings (SSSR count). The van der Waals surface area contributed by atoms with Gasteiger partial charge < -0.3 is 15.4 Å². The third-order valence-electron chi connectivity index (χ3n) is 3.07. The standard InChI is InChI=1S/C16H19FN2O/c1-2-19(15-5-3-4-13(17)12-15)10-11-20-16-8-6-14(18)7-9-16/h3-9,12H,2,10-11,18H2,1H3. The number of likely N-dealkylation sites (N-methyl/N-ethyl adjacent to an activating group) is 1. The molecule has 2 aromatic carbocycles. The summed E-state index contributed by atoms with van der Waals surface area (Å²) in [6, 6.07) is 13.9. The second-order valence-corrected chi connectivity index (χ2v) is 4.48. The van der Waals surface area contributed by atoms with Crippen LogP contribution in [0, 0.1) is 5.82 Å². The monoisotopic (exact) mass is 274 g/mol. The number of hydrogen-bond donors (Lipinski definition) is 1. The molecule has 0 atom stereocenters. The Morgan fingerprint density at radius 1 is 1.15 bits per heavy atom. The maximum Gasteiger partial charge on any atom is 0.125 e. The van der Waals surface area contributed by atoms with Crippen LogP contribution in [0.3, 0.4) is 0 Å². The van der Waals surface area contributed by atoms with Crippen LogP contribution in [-0.2, 0) is 0 Å². The highest BCUT2D eigenvalue weighted by atomic mass is 19.1. The molecule has 0 aromatic heterocycles. The zero-order valence-corrected chi connectivity index (χ0v) is 11.6. The van der Waals surface area contributed by atoms with Crippen molar-refractivity contribution in [1.29, 1.82) is 0 Å². The van der Waals surface area contributed by atoms with E-state index in [4.69, 9.17) is 10.5 Å². The van der Waals surface area contributed by atoms with Gasteiger partial charge in [-0.1, -0.05) is 6.07 Å². The lowest BCUT2D eigenvalue weighted by molar-refractivity contribution is 0.324. The molecule has 0 radical (unpaired) electrons. The van der Waals surface area contributed by atoms with Crippen molar-refractivity contribution in [1.82, 2.24) is 0 Å². The molecule has 0 saturated heterocycles. The lowest BCUT2D eigenvalue weighted by Gasteiger charge is -2.23. The molecular weight excluding hydrogens is 255 g/mol. The van der Waals surface area contributed by atoms with E-state index in [1.807, 2.05) is 25.1 Å². The molecular formula is C16H19FN2O. The van der Waals surface area contributed by atoms with E-state index < -0.39 is 0 Å². The van der Waals surface area contributed by atoms with Crippen molar-refractivity contribution in [3.8, 4) is 5.75 Å². The van der Waals surface area contributed by atoms with Gasteiger partial charge in [0, 0.05) is 17.9 Å². The summed E-state index contributed by atoms with van der Waals surface area (Å²) in [7, 11) is 0. The maximum absolute atomic E-state index is 13.2. The van der Waals surface area contributed by atoms with Crippen molar-refractivity contribution in [2.45, 2.75) is 6.92 Å². The van der Waals surface area contributed by atoms with E-state index in [1.165, 1.54) is 12.1 Å². The third-order valence-corrected chi connectivity index (χ3v) is 3.07. The summed E-state index contributed by atoms with van der Waals surface area (Å²) in [6.07, 6.45) is 0. The van der Waals surface area contributed by atoms with Crippen LogP contribution in [0.2, 0.25) is 0 Å². The molecule has 0 unspecified atom stereocenters. The van der Waals surface area contributed by atoms with Gasteiger partial charge in [-0.15, -0.1) is 0 Å². The summed E-state index contributed by atoms with van der Waals surface area (Å²) in [5, 5.41) is 0. The highest BCUT2D eigenvalue weighted by Gasteiger charge is 2.05. The molecule has 4 heteroatoms. The first kappa shape index (κ1) is 14.2. The predicted molar refractivity (Wildman–Crippen MR) is 80.6 cm³/mol. The average Bonchev–Trinajstić information content (AvgIpc) is 2.45. The van der Waals surface area contributed by atoms with Gasteiger partial charge in [-0.3, -0.25) is 0 Å². The van der Waals surface area contributed by atoms with Crippen molar-refractivity contribution in [2.75, 3.05) is 30.3 Å². The van der Waals surface area contributed by atoms with Crippen LogP contribution in [-0.4, -0.2) is 19.7 Å². The smallest absolute Gasteiger partial charge is 0.125 e. The number of nitrogen functional groups attached to an aromatic ring is 1. The van der Waals surface area contributed by atoms with Gasteiger partial charge >= 0.3 is 0 Å². The zero-order valence-electron chi connectivity index (χ0n) is 11.6. The Labute approximate surface area is 118 Å². The minimum absolute atomic E-state index is 0.222. The summed E-state index contributed by atoms with van der Waals surface area (Å²) in [5.41, 5.74) is 7.20. The normalized spacial score (nSPS) is 10.3. The molecule has 0 fully saturated rings. The van der Waals surface area contributed by atoms with Gasteiger partial charge in [0.15, 0.2) is 0 Å². The molecule has 0 amide bonds. The molecule has 0 heterocycles. The largest absolute Gasteiger partial charge is 0.492 e. The fourth-order valence-electron chi connectivity index (χ4n) is 1.98. The Kier molecular flexibility index (Phi) is 4.82. The van der Waals surface area contributed by atoms with E-state index in [0.717, 1.165) is 18.0 Å². The van der Waals surface area contributed by atoms with E-state index in [-0.39, 0.29) is 5.82 Å². The van der Waals surface area contributed by atoms with Gasteiger partial charge in [0.2, 0.25) is 0 Å². The summed E-state index contributed by atoms with van der Waals surface area (Å²) in [6.45, 7) is 4.07. The highest BCUT2D eigenvalue weighted by Crippen LogP contribution is 2.16. The van der Waals surface area contributed by atoms with Crippen molar-refractivity contribution >= 4 is 11.4 Å². The van der Waals surface area contributed by atoms with Crippen molar-refractivity contribution < 1.29 is 9.13 Å². The summed E-state index contributed by atoms with van der Waals surface area (Å²) in [5.74, 6) is 0.565. The van der Waals surface area contributed by atoms with Gasteiger partial charge in [0.25, 0.3) is 0 Å². The first-order chi connectivity index (χ1) is 9.69. The van der Waals surface area contributed by atoms with E-state index in [0.29, 0.717) is 18.8 Å². The minimum Gasteiger partial charge on any atom is -0.492 e. The fraction of sp³-hybridized carbons (Fsp3) is 0.250. The van der Waals surface area contributed by atoms with Crippen LogP contribution in [0.4, 0.5) is 15.8 Å². The van der Waals surface area contributed by atoms with Crippen LogP contribution < -0.4 is 15.4 Å². The second kappa shape index (κ2) is 6.80. The van der Waals surface area contributed by atoms with E-state index in [2.05, 4.69) is 4.90 Å².